The molecule has 0 bridgehead atoms. The number of fused-ring (bicyclic) bond motifs is 1. The third-order valence-electron chi connectivity index (χ3n) is 5.82. The molecule has 7 heteroatoms. The normalized spacial score (nSPS) is 17.0. The number of likely N-dealkylation sites (tertiary alicyclic amines) is 1. The number of aryl methyl sites for hydroxylation is 1. The lowest BCUT2D eigenvalue weighted by Gasteiger charge is -2.35. The van der Waals surface area contributed by atoms with Gasteiger partial charge in [0.05, 0.1) is 11.2 Å². The van der Waals surface area contributed by atoms with Gasteiger partial charge >= 0.3 is 5.69 Å². The summed E-state index contributed by atoms with van der Waals surface area (Å²) in [5, 5.41) is 1.80. The Morgan fingerprint density at radius 3 is 2.72 bits per heavy atom. The molecule has 3 heterocycles. The molecular formula is C22H25N3O3S. The molecule has 2 aromatic heterocycles. The largest absolute Gasteiger partial charge is 0.338 e. The van der Waals surface area contributed by atoms with Gasteiger partial charge in [-0.05, 0) is 55.7 Å². The van der Waals surface area contributed by atoms with Crippen LogP contribution >= 0.6 is 11.3 Å². The Morgan fingerprint density at radius 1 is 1.17 bits per heavy atom. The average molecular weight is 412 g/mol. The van der Waals surface area contributed by atoms with Crippen LogP contribution in [0.15, 0.2) is 45.3 Å². The van der Waals surface area contributed by atoms with Crippen LogP contribution in [0, 0.1) is 6.92 Å². The molecule has 1 amide bonds. The zero-order chi connectivity index (χ0) is 20.5. The highest BCUT2D eigenvalue weighted by molar-refractivity contribution is 7.17. The molecule has 1 atom stereocenters. The zero-order valence-electron chi connectivity index (χ0n) is 16.8. The van der Waals surface area contributed by atoms with Gasteiger partial charge in [-0.2, -0.15) is 0 Å². The molecule has 0 spiro atoms. The summed E-state index contributed by atoms with van der Waals surface area (Å²) in [7, 11) is 0. The summed E-state index contributed by atoms with van der Waals surface area (Å²) in [6.45, 7) is 4.65. The summed E-state index contributed by atoms with van der Waals surface area (Å²) in [5.41, 5.74) is 1.13. The Bertz CT molecular complexity index is 1170. The van der Waals surface area contributed by atoms with Crippen LogP contribution in [0.3, 0.4) is 0 Å². The summed E-state index contributed by atoms with van der Waals surface area (Å²) in [6, 6.07) is 9.30. The molecule has 152 valence electrons. The number of nitrogens with zero attached hydrogens (tertiary/aromatic N) is 3. The number of amides is 1. The van der Waals surface area contributed by atoms with Gasteiger partial charge < -0.3 is 4.90 Å². The van der Waals surface area contributed by atoms with E-state index in [0.29, 0.717) is 15.9 Å². The Hall–Kier alpha value is -2.67. The first-order valence-corrected chi connectivity index (χ1v) is 11.0. The summed E-state index contributed by atoms with van der Waals surface area (Å²) in [4.78, 5) is 41.5. The molecule has 0 unspecified atom stereocenters. The van der Waals surface area contributed by atoms with E-state index in [2.05, 4.69) is 6.92 Å². The predicted molar refractivity (Wildman–Crippen MR) is 116 cm³/mol. The van der Waals surface area contributed by atoms with E-state index in [1.165, 1.54) is 20.5 Å². The van der Waals surface area contributed by atoms with Gasteiger partial charge in [0.2, 0.25) is 5.91 Å². The number of rotatable bonds is 4. The Kier molecular flexibility index (Phi) is 5.41. The maximum Gasteiger partial charge on any atom is 0.336 e. The number of carbonyl (C=O) groups is 1. The van der Waals surface area contributed by atoms with Crippen molar-refractivity contribution in [1.29, 1.82) is 0 Å². The standard InChI is InChI=1S/C22H25N3O3S/c1-3-16-9-6-7-12-23(16)19(26)14-24-18-11-13-29-20(18)21(27)25(22(24)28)17-10-5-4-8-15(17)2/h4-5,8,10-11,13,16H,3,6-7,9,12,14H2,1-2H3/t16-/m1/s1. The van der Waals surface area contributed by atoms with Crippen LogP contribution in [0.2, 0.25) is 0 Å². The molecule has 0 N–H and O–H groups in total. The number of hydrogen-bond donors (Lipinski definition) is 0. The number of aromatic nitrogens is 2. The average Bonchev–Trinajstić information content (AvgIpc) is 3.22. The highest BCUT2D eigenvalue weighted by atomic mass is 32.1. The molecular weight excluding hydrogens is 386 g/mol. The molecule has 1 aromatic carbocycles. The van der Waals surface area contributed by atoms with Crippen molar-refractivity contribution in [3.63, 3.8) is 0 Å². The molecule has 1 aliphatic rings. The highest BCUT2D eigenvalue weighted by Gasteiger charge is 2.27. The van der Waals surface area contributed by atoms with Crippen LogP contribution in [-0.4, -0.2) is 32.5 Å². The summed E-state index contributed by atoms with van der Waals surface area (Å²) in [5.74, 6) is -0.0545. The first-order valence-electron chi connectivity index (χ1n) is 10.1. The number of piperidine rings is 1. The molecule has 0 radical (unpaired) electrons. The first kappa shape index (κ1) is 19.6. The quantitative estimate of drug-likeness (QED) is 0.662. The van der Waals surface area contributed by atoms with Crippen molar-refractivity contribution in [1.82, 2.24) is 14.0 Å². The van der Waals surface area contributed by atoms with Crippen LogP contribution in [0.5, 0.6) is 0 Å². The third-order valence-corrected chi connectivity index (χ3v) is 6.71. The van der Waals surface area contributed by atoms with Gasteiger partial charge in [-0.1, -0.05) is 25.1 Å². The van der Waals surface area contributed by atoms with E-state index in [1.807, 2.05) is 30.0 Å². The second-order valence-corrected chi connectivity index (χ2v) is 8.49. The Labute approximate surface area is 173 Å². The fourth-order valence-electron chi connectivity index (χ4n) is 4.25. The SMILES string of the molecule is CC[C@@H]1CCCCN1C(=O)Cn1c(=O)n(-c2ccccc2C)c(=O)c2sccc21. The topological polar surface area (TPSA) is 64.3 Å². The second kappa shape index (κ2) is 7.99. The van der Waals surface area contributed by atoms with Crippen molar-refractivity contribution in [3.8, 4) is 5.69 Å². The summed E-state index contributed by atoms with van der Waals surface area (Å²) < 4.78 is 3.16. The maximum absolute atomic E-state index is 13.4. The van der Waals surface area contributed by atoms with Gasteiger partial charge in [-0.25, -0.2) is 9.36 Å². The first-order chi connectivity index (χ1) is 14.0. The maximum atomic E-state index is 13.4. The second-order valence-electron chi connectivity index (χ2n) is 7.58. The van der Waals surface area contributed by atoms with E-state index >= 15 is 0 Å². The number of hydrogen-bond acceptors (Lipinski definition) is 4. The molecule has 3 aromatic rings. The van der Waals surface area contributed by atoms with E-state index in [-0.39, 0.29) is 24.1 Å². The summed E-state index contributed by atoms with van der Waals surface area (Å²) >= 11 is 1.30. The highest BCUT2D eigenvalue weighted by Crippen LogP contribution is 2.21. The van der Waals surface area contributed by atoms with Gasteiger partial charge in [0.15, 0.2) is 0 Å². The smallest absolute Gasteiger partial charge is 0.336 e. The minimum Gasteiger partial charge on any atom is -0.338 e. The molecule has 0 aliphatic carbocycles. The van der Waals surface area contributed by atoms with Crippen molar-refractivity contribution in [2.75, 3.05) is 6.54 Å². The molecule has 0 saturated carbocycles. The van der Waals surface area contributed by atoms with E-state index in [4.69, 9.17) is 0 Å². The minimum atomic E-state index is -0.464. The van der Waals surface area contributed by atoms with Gasteiger partial charge in [-0.15, -0.1) is 11.3 Å². The van der Waals surface area contributed by atoms with Gasteiger partial charge in [0.1, 0.15) is 11.2 Å². The summed E-state index contributed by atoms with van der Waals surface area (Å²) in [6.07, 6.45) is 4.05. The fourth-order valence-corrected chi connectivity index (χ4v) is 5.07. The van der Waals surface area contributed by atoms with Gasteiger partial charge in [0.25, 0.3) is 5.56 Å². The van der Waals surface area contributed by atoms with Crippen LogP contribution in [-0.2, 0) is 11.3 Å². The third kappa shape index (κ3) is 3.44. The number of para-hydroxylation sites is 1. The lowest BCUT2D eigenvalue weighted by Crippen LogP contribution is -2.47. The van der Waals surface area contributed by atoms with Crippen molar-refractivity contribution >= 4 is 27.5 Å². The van der Waals surface area contributed by atoms with E-state index in [0.717, 1.165) is 37.8 Å². The van der Waals surface area contributed by atoms with Crippen LogP contribution in [0.1, 0.15) is 38.2 Å². The molecule has 29 heavy (non-hydrogen) atoms. The number of carbonyl (C=O) groups excluding carboxylic acids is 1. The monoisotopic (exact) mass is 411 g/mol. The van der Waals surface area contributed by atoms with E-state index < -0.39 is 5.69 Å². The molecule has 6 nitrogen and oxygen atoms in total. The zero-order valence-corrected chi connectivity index (χ0v) is 17.6. The van der Waals surface area contributed by atoms with Crippen molar-refractivity contribution in [3.05, 3.63) is 62.1 Å². The minimum absolute atomic E-state index is 0.0469. The fraction of sp³-hybridized carbons (Fsp3) is 0.409. The van der Waals surface area contributed by atoms with Gasteiger partial charge in [0, 0.05) is 12.6 Å². The molecule has 4 rings (SSSR count). The van der Waals surface area contributed by atoms with Crippen LogP contribution in [0.25, 0.3) is 15.9 Å². The lowest BCUT2D eigenvalue weighted by atomic mass is 10.00. The Balaban J connectivity index is 1.84. The van der Waals surface area contributed by atoms with Crippen LogP contribution in [0.4, 0.5) is 0 Å². The van der Waals surface area contributed by atoms with E-state index in [9.17, 15) is 14.4 Å². The number of benzene rings is 1. The molecule has 1 aliphatic heterocycles. The van der Waals surface area contributed by atoms with Gasteiger partial charge in [-0.3, -0.25) is 14.2 Å². The number of thiophene rings is 1. The van der Waals surface area contributed by atoms with Crippen molar-refractivity contribution < 1.29 is 4.79 Å². The predicted octanol–water partition coefficient (Wildman–Crippen LogP) is 3.31. The molecule has 1 fully saturated rings. The Morgan fingerprint density at radius 2 is 1.97 bits per heavy atom. The van der Waals surface area contributed by atoms with Crippen molar-refractivity contribution in [2.45, 2.75) is 52.1 Å². The van der Waals surface area contributed by atoms with Crippen molar-refractivity contribution in [2.24, 2.45) is 0 Å². The van der Waals surface area contributed by atoms with E-state index in [1.54, 1.807) is 17.5 Å². The van der Waals surface area contributed by atoms with Crippen LogP contribution < -0.4 is 11.2 Å². The molecule has 1 saturated heterocycles. The lowest BCUT2D eigenvalue weighted by molar-refractivity contribution is -0.135.